The van der Waals surface area contributed by atoms with E-state index < -0.39 is 5.97 Å². The zero-order valence-electron chi connectivity index (χ0n) is 12.7. The van der Waals surface area contributed by atoms with Gasteiger partial charge in [0.15, 0.2) is 0 Å². The number of carbonyl (C=O) groups is 2. The first-order valence-corrected chi connectivity index (χ1v) is 7.27. The van der Waals surface area contributed by atoms with Crippen LogP contribution < -0.4 is 0 Å². The molecule has 116 valence electrons. The Morgan fingerprint density at radius 2 is 2.05 bits per heavy atom. The van der Waals surface area contributed by atoms with Crippen LogP contribution in [0, 0.1) is 5.92 Å². The van der Waals surface area contributed by atoms with Gasteiger partial charge in [0.25, 0.3) is 0 Å². The number of aliphatic carboxylic acids is 1. The molecular formula is C14H26N2O4. The number of hydrogen-bond acceptors (Lipinski definition) is 3. The van der Waals surface area contributed by atoms with Crippen molar-refractivity contribution in [3.63, 3.8) is 0 Å². The summed E-state index contributed by atoms with van der Waals surface area (Å²) in [5.41, 5.74) is 0. The molecule has 1 atom stereocenters. The molecule has 1 rings (SSSR count). The van der Waals surface area contributed by atoms with Gasteiger partial charge in [-0.1, -0.05) is 6.92 Å². The molecule has 0 aromatic rings. The Morgan fingerprint density at radius 3 is 2.55 bits per heavy atom. The predicted octanol–water partition coefficient (Wildman–Crippen LogP) is 1.65. The lowest BCUT2D eigenvalue weighted by atomic mass is 10.2. The normalized spacial score (nSPS) is 15.8. The van der Waals surface area contributed by atoms with Crippen molar-refractivity contribution in [2.75, 3.05) is 33.4 Å². The van der Waals surface area contributed by atoms with Crippen molar-refractivity contribution in [3.05, 3.63) is 0 Å². The van der Waals surface area contributed by atoms with E-state index in [1.807, 2.05) is 13.8 Å². The van der Waals surface area contributed by atoms with Crippen LogP contribution in [0.4, 0.5) is 4.79 Å². The summed E-state index contributed by atoms with van der Waals surface area (Å²) >= 11 is 0. The Morgan fingerprint density at radius 1 is 1.40 bits per heavy atom. The fourth-order valence-electron chi connectivity index (χ4n) is 1.83. The van der Waals surface area contributed by atoms with Crippen molar-refractivity contribution < 1.29 is 19.4 Å². The highest BCUT2D eigenvalue weighted by Crippen LogP contribution is 2.28. The molecule has 0 spiro atoms. The molecule has 6 nitrogen and oxygen atoms in total. The Labute approximate surface area is 120 Å². The molecule has 1 unspecified atom stereocenters. The van der Waals surface area contributed by atoms with Crippen molar-refractivity contribution in [2.24, 2.45) is 5.92 Å². The Kier molecular flexibility index (Phi) is 6.78. The van der Waals surface area contributed by atoms with Crippen molar-refractivity contribution >= 4 is 12.0 Å². The van der Waals surface area contributed by atoms with Crippen molar-refractivity contribution in [3.8, 4) is 0 Å². The fourth-order valence-corrected chi connectivity index (χ4v) is 1.83. The number of hydrogen-bond donors (Lipinski definition) is 1. The molecule has 0 bridgehead atoms. The SMILES string of the molecule is CCC(C)N(CC(=O)O)C(=O)N(C)CCOCC1CC1. The van der Waals surface area contributed by atoms with E-state index in [4.69, 9.17) is 9.84 Å². The number of ether oxygens (including phenoxy) is 1. The molecule has 0 heterocycles. The standard InChI is InChI=1S/C14H26N2O4/c1-4-11(2)16(9-13(17)18)14(19)15(3)7-8-20-10-12-5-6-12/h11-12H,4-10H2,1-3H3,(H,17,18). The highest BCUT2D eigenvalue weighted by molar-refractivity contribution is 5.80. The molecule has 0 aromatic carbocycles. The average Bonchev–Trinajstić information content (AvgIpc) is 3.23. The van der Waals surface area contributed by atoms with Crippen LogP contribution in [0.2, 0.25) is 0 Å². The summed E-state index contributed by atoms with van der Waals surface area (Å²) in [5.74, 6) is -0.281. The first-order valence-electron chi connectivity index (χ1n) is 7.27. The molecule has 1 fully saturated rings. The maximum Gasteiger partial charge on any atom is 0.323 e. The molecule has 1 N–H and O–H groups in total. The summed E-state index contributed by atoms with van der Waals surface area (Å²) in [4.78, 5) is 26.0. The van der Waals surface area contributed by atoms with E-state index in [9.17, 15) is 9.59 Å². The van der Waals surface area contributed by atoms with Gasteiger partial charge < -0.3 is 19.6 Å². The number of carbonyl (C=O) groups excluding carboxylic acids is 1. The lowest BCUT2D eigenvalue weighted by molar-refractivity contribution is -0.138. The Balaban J connectivity index is 2.37. The van der Waals surface area contributed by atoms with E-state index in [0.29, 0.717) is 19.1 Å². The summed E-state index contributed by atoms with van der Waals surface area (Å²) in [7, 11) is 1.68. The van der Waals surface area contributed by atoms with Gasteiger partial charge >= 0.3 is 12.0 Å². The van der Waals surface area contributed by atoms with Crippen molar-refractivity contribution in [2.45, 2.75) is 39.2 Å². The third-order valence-electron chi connectivity index (χ3n) is 3.62. The first kappa shape index (κ1) is 16.8. The van der Waals surface area contributed by atoms with Crippen LogP contribution in [0.15, 0.2) is 0 Å². The molecule has 1 aliphatic carbocycles. The summed E-state index contributed by atoms with van der Waals surface area (Å²) < 4.78 is 5.50. The van der Waals surface area contributed by atoms with Crippen molar-refractivity contribution in [1.29, 1.82) is 0 Å². The number of amides is 2. The summed E-state index contributed by atoms with van der Waals surface area (Å²) in [5, 5.41) is 8.90. The quantitative estimate of drug-likeness (QED) is 0.654. The third-order valence-corrected chi connectivity index (χ3v) is 3.62. The summed E-state index contributed by atoms with van der Waals surface area (Å²) in [6.45, 7) is 5.29. The number of rotatable bonds is 9. The van der Waals surface area contributed by atoms with E-state index in [0.717, 1.165) is 13.0 Å². The van der Waals surface area contributed by atoms with Gasteiger partial charge in [-0.05, 0) is 32.1 Å². The first-order chi connectivity index (χ1) is 9.45. The van der Waals surface area contributed by atoms with Crippen LogP contribution in [0.5, 0.6) is 0 Å². The van der Waals surface area contributed by atoms with Gasteiger partial charge in [-0.2, -0.15) is 0 Å². The molecule has 0 saturated heterocycles. The number of nitrogens with zero attached hydrogens (tertiary/aromatic N) is 2. The van der Waals surface area contributed by atoms with E-state index in [1.54, 1.807) is 7.05 Å². The van der Waals surface area contributed by atoms with Gasteiger partial charge in [0, 0.05) is 26.2 Å². The molecule has 2 amide bonds. The predicted molar refractivity (Wildman–Crippen MR) is 75.7 cm³/mol. The molecular weight excluding hydrogens is 260 g/mol. The van der Waals surface area contributed by atoms with E-state index in [2.05, 4.69) is 0 Å². The van der Waals surface area contributed by atoms with Gasteiger partial charge in [-0.25, -0.2) is 4.79 Å². The van der Waals surface area contributed by atoms with Gasteiger partial charge in [0.1, 0.15) is 6.54 Å². The van der Waals surface area contributed by atoms with Gasteiger partial charge in [0.2, 0.25) is 0 Å². The zero-order valence-corrected chi connectivity index (χ0v) is 12.7. The van der Waals surface area contributed by atoms with E-state index >= 15 is 0 Å². The topological polar surface area (TPSA) is 70.1 Å². The molecule has 1 saturated carbocycles. The minimum Gasteiger partial charge on any atom is -0.480 e. The molecule has 1 aliphatic rings. The molecule has 6 heteroatoms. The van der Waals surface area contributed by atoms with Crippen LogP contribution >= 0.6 is 0 Å². The minimum atomic E-state index is -0.989. The summed E-state index contributed by atoms with van der Waals surface area (Å²) in [6.07, 6.45) is 3.22. The van der Waals surface area contributed by atoms with Gasteiger partial charge in [-0.3, -0.25) is 4.79 Å². The van der Waals surface area contributed by atoms with Gasteiger partial charge in [-0.15, -0.1) is 0 Å². The highest BCUT2D eigenvalue weighted by Gasteiger charge is 2.25. The van der Waals surface area contributed by atoms with Crippen LogP contribution in [0.25, 0.3) is 0 Å². The maximum atomic E-state index is 12.3. The molecule has 0 radical (unpaired) electrons. The average molecular weight is 286 g/mol. The largest absolute Gasteiger partial charge is 0.480 e. The van der Waals surface area contributed by atoms with E-state index in [1.165, 1.54) is 22.6 Å². The number of urea groups is 1. The summed E-state index contributed by atoms with van der Waals surface area (Å²) in [6, 6.07) is -0.342. The minimum absolute atomic E-state index is 0.0894. The molecule has 0 aromatic heterocycles. The second-order valence-electron chi connectivity index (χ2n) is 5.50. The smallest absolute Gasteiger partial charge is 0.323 e. The Hall–Kier alpha value is -1.30. The van der Waals surface area contributed by atoms with Crippen LogP contribution in [0.1, 0.15) is 33.1 Å². The third kappa shape index (κ3) is 5.77. The number of likely N-dealkylation sites (N-methyl/N-ethyl adjacent to an activating group) is 1. The molecule has 0 aliphatic heterocycles. The highest BCUT2D eigenvalue weighted by atomic mass is 16.5. The number of carboxylic acid groups (broad SMARTS) is 1. The molecule has 20 heavy (non-hydrogen) atoms. The lowest BCUT2D eigenvalue weighted by Gasteiger charge is -2.31. The van der Waals surface area contributed by atoms with Crippen LogP contribution in [0.3, 0.4) is 0 Å². The van der Waals surface area contributed by atoms with Crippen LogP contribution in [-0.2, 0) is 9.53 Å². The lowest BCUT2D eigenvalue weighted by Crippen LogP contribution is -2.48. The Bertz CT molecular complexity index is 331. The van der Waals surface area contributed by atoms with E-state index in [-0.39, 0.29) is 18.6 Å². The van der Waals surface area contributed by atoms with Gasteiger partial charge in [0.05, 0.1) is 6.61 Å². The van der Waals surface area contributed by atoms with Crippen LogP contribution in [-0.4, -0.2) is 66.3 Å². The van der Waals surface area contributed by atoms with Crippen molar-refractivity contribution in [1.82, 2.24) is 9.80 Å². The second kappa shape index (κ2) is 8.09. The second-order valence-corrected chi connectivity index (χ2v) is 5.50. The maximum absolute atomic E-state index is 12.3. The number of carboxylic acids is 1. The fraction of sp³-hybridized carbons (Fsp3) is 0.857. The zero-order chi connectivity index (χ0) is 15.1. The monoisotopic (exact) mass is 286 g/mol.